The summed E-state index contributed by atoms with van der Waals surface area (Å²) >= 11 is 2.25. The Labute approximate surface area is 253 Å². The molecule has 10 nitrogen and oxygen atoms in total. The van der Waals surface area contributed by atoms with Gasteiger partial charge in [0.25, 0.3) is 5.91 Å². The first kappa shape index (κ1) is 32.8. The molecule has 4 rings (SSSR count). The van der Waals surface area contributed by atoms with Crippen LogP contribution in [0.4, 0.5) is 0 Å². The van der Waals surface area contributed by atoms with E-state index in [4.69, 9.17) is 11.5 Å². The third kappa shape index (κ3) is 9.15. The quantitative estimate of drug-likeness (QED) is 0.187. The van der Waals surface area contributed by atoms with Gasteiger partial charge in [-0.3, -0.25) is 19.4 Å². The number of hydrogen-bond acceptors (Lipinski definition) is 9. The van der Waals surface area contributed by atoms with Crippen LogP contribution in [-0.4, -0.2) is 74.7 Å². The average molecular weight is 610 g/mol. The minimum atomic E-state index is -1.27. The van der Waals surface area contributed by atoms with Crippen molar-refractivity contribution in [1.82, 2.24) is 15.2 Å². The number of carboxylic acid groups (broad SMARTS) is 1. The van der Waals surface area contributed by atoms with Gasteiger partial charge in [0, 0.05) is 41.9 Å². The molecule has 222 valence electrons. The molecule has 0 saturated carbocycles. The van der Waals surface area contributed by atoms with Gasteiger partial charge in [-0.1, -0.05) is 48.5 Å². The monoisotopic (exact) mass is 609 g/mol. The van der Waals surface area contributed by atoms with E-state index in [-0.39, 0.29) is 30.2 Å². The van der Waals surface area contributed by atoms with Crippen molar-refractivity contribution in [2.24, 2.45) is 11.5 Å². The number of thioether (sulfide) groups is 2. The van der Waals surface area contributed by atoms with Gasteiger partial charge in [-0.05, 0) is 60.2 Å². The summed E-state index contributed by atoms with van der Waals surface area (Å²) in [5, 5.41) is 11.9. The average Bonchev–Trinajstić information content (AvgIpc) is 3.45. The molecule has 2 heterocycles. The highest BCUT2D eigenvalue weighted by Crippen LogP contribution is 2.29. The fourth-order valence-electron chi connectivity index (χ4n) is 4.34. The van der Waals surface area contributed by atoms with Crippen LogP contribution in [0.3, 0.4) is 0 Å². The SMILES string of the molecule is CSC(C[C@@H](C(=O)O)N(CN)C(=O)c1ccccc1-c1ccccc1)C(=O)Sc1cccnc1.NC[C@@H]1CCC(=O)N1. The molecular formula is C30H35N5O5S2. The number of carboxylic acids is 1. The third-order valence-electron chi connectivity index (χ3n) is 6.57. The van der Waals surface area contributed by atoms with Crippen molar-refractivity contribution in [1.29, 1.82) is 0 Å². The van der Waals surface area contributed by atoms with Gasteiger partial charge >= 0.3 is 5.97 Å². The highest BCUT2D eigenvalue weighted by atomic mass is 32.2. The molecule has 1 aliphatic rings. The summed E-state index contributed by atoms with van der Waals surface area (Å²) in [5.41, 5.74) is 13.0. The normalized spacial score (nSPS) is 15.5. The molecule has 6 N–H and O–H groups in total. The molecule has 0 radical (unpaired) electrons. The van der Waals surface area contributed by atoms with E-state index in [1.165, 1.54) is 11.8 Å². The highest BCUT2D eigenvalue weighted by molar-refractivity contribution is 8.16. The van der Waals surface area contributed by atoms with Gasteiger partial charge in [-0.25, -0.2) is 4.79 Å². The van der Waals surface area contributed by atoms with Gasteiger partial charge in [-0.2, -0.15) is 11.8 Å². The Balaban J connectivity index is 0.000000521. The Hall–Kier alpha value is -3.71. The lowest BCUT2D eigenvalue weighted by atomic mass is 9.98. The van der Waals surface area contributed by atoms with E-state index < -0.39 is 23.2 Å². The molecule has 3 atom stereocenters. The van der Waals surface area contributed by atoms with Crippen LogP contribution in [0, 0.1) is 0 Å². The standard InChI is InChI=1S/C25H25N3O4S2.C5H10N2O/c1-33-22(25(32)34-18-10-7-13-27-15-18)14-21(24(30)31)28(16-26)23(29)20-12-6-5-11-19(20)17-8-3-2-4-9-17;6-3-4-1-2-5(8)7-4/h2-13,15,21-22H,14,16,26H2,1H3,(H,30,31);4H,1-3,6H2,(H,7,8)/t21-,22?;4-/m00/s1. The third-order valence-corrected chi connectivity index (χ3v) is 8.66. The van der Waals surface area contributed by atoms with E-state index in [0.717, 1.165) is 28.6 Å². The predicted molar refractivity (Wildman–Crippen MR) is 166 cm³/mol. The molecule has 1 saturated heterocycles. The number of benzene rings is 2. The van der Waals surface area contributed by atoms with Crippen LogP contribution < -0.4 is 16.8 Å². The van der Waals surface area contributed by atoms with Crippen molar-refractivity contribution in [3.8, 4) is 11.1 Å². The number of nitrogens with zero attached hydrogens (tertiary/aromatic N) is 2. The molecule has 0 aliphatic carbocycles. The van der Waals surface area contributed by atoms with Crippen molar-refractivity contribution in [3.05, 3.63) is 84.7 Å². The van der Waals surface area contributed by atoms with Crippen LogP contribution >= 0.6 is 23.5 Å². The molecule has 1 aromatic heterocycles. The molecule has 1 unspecified atom stereocenters. The molecular weight excluding hydrogens is 574 g/mol. The number of aliphatic carboxylic acids is 1. The van der Waals surface area contributed by atoms with Gasteiger partial charge in [0.05, 0.1) is 11.9 Å². The minimum Gasteiger partial charge on any atom is -0.480 e. The first-order valence-corrected chi connectivity index (χ1v) is 15.4. The molecule has 1 fully saturated rings. The Morgan fingerprint density at radius 2 is 1.79 bits per heavy atom. The van der Waals surface area contributed by atoms with E-state index in [9.17, 15) is 24.3 Å². The fraction of sp³-hybridized carbons (Fsp3) is 0.300. The van der Waals surface area contributed by atoms with Crippen LogP contribution in [0.1, 0.15) is 29.6 Å². The summed E-state index contributed by atoms with van der Waals surface area (Å²) in [5.74, 6) is -1.57. The van der Waals surface area contributed by atoms with Crippen LogP contribution in [0.5, 0.6) is 0 Å². The number of amides is 2. The van der Waals surface area contributed by atoms with Crippen LogP contribution in [0.25, 0.3) is 11.1 Å². The van der Waals surface area contributed by atoms with Crippen molar-refractivity contribution in [2.75, 3.05) is 19.5 Å². The second-order valence-corrected chi connectivity index (χ2v) is 11.5. The first-order valence-electron chi connectivity index (χ1n) is 13.3. The number of hydrogen-bond donors (Lipinski definition) is 4. The summed E-state index contributed by atoms with van der Waals surface area (Å²) in [7, 11) is 0. The summed E-state index contributed by atoms with van der Waals surface area (Å²) in [6.07, 6.45) is 6.42. The summed E-state index contributed by atoms with van der Waals surface area (Å²) in [6, 6.07) is 18.9. The Morgan fingerprint density at radius 3 is 2.33 bits per heavy atom. The largest absolute Gasteiger partial charge is 0.480 e. The number of nitrogens with two attached hydrogens (primary N) is 2. The maximum atomic E-state index is 13.5. The number of aromatic nitrogens is 1. The van der Waals surface area contributed by atoms with E-state index in [1.54, 1.807) is 42.9 Å². The van der Waals surface area contributed by atoms with Crippen LogP contribution in [0.15, 0.2) is 84.0 Å². The maximum absolute atomic E-state index is 13.5. The number of pyridine rings is 1. The predicted octanol–water partition coefficient (Wildman–Crippen LogP) is 3.22. The summed E-state index contributed by atoms with van der Waals surface area (Å²) < 4.78 is 0. The second kappa shape index (κ2) is 16.7. The van der Waals surface area contributed by atoms with Gasteiger partial charge in [0.2, 0.25) is 11.0 Å². The minimum absolute atomic E-state index is 0.0704. The lowest BCUT2D eigenvalue weighted by molar-refractivity contribution is -0.142. The number of carbonyl (C=O) groups excluding carboxylic acids is 3. The molecule has 1 aliphatic heterocycles. The number of nitrogens with one attached hydrogen (secondary N) is 1. The second-order valence-electron chi connectivity index (χ2n) is 9.33. The summed E-state index contributed by atoms with van der Waals surface area (Å²) in [6.45, 7) is 0.274. The molecule has 42 heavy (non-hydrogen) atoms. The van der Waals surface area contributed by atoms with Gasteiger partial charge in [0.1, 0.15) is 6.04 Å². The van der Waals surface area contributed by atoms with Crippen LogP contribution in [-0.2, 0) is 14.4 Å². The Morgan fingerprint density at radius 1 is 1.07 bits per heavy atom. The maximum Gasteiger partial charge on any atom is 0.326 e. The van der Waals surface area contributed by atoms with Gasteiger partial charge in [0.15, 0.2) is 0 Å². The highest BCUT2D eigenvalue weighted by Gasteiger charge is 2.35. The molecule has 2 amide bonds. The Bertz CT molecular complexity index is 1350. The lowest BCUT2D eigenvalue weighted by Gasteiger charge is -2.30. The summed E-state index contributed by atoms with van der Waals surface area (Å²) in [4.78, 5) is 54.9. The fourth-order valence-corrected chi connectivity index (χ4v) is 6.06. The van der Waals surface area contributed by atoms with Gasteiger partial charge < -0.3 is 26.8 Å². The van der Waals surface area contributed by atoms with Crippen LogP contribution in [0.2, 0.25) is 0 Å². The van der Waals surface area contributed by atoms with Crippen molar-refractivity contribution in [2.45, 2.75) is 41.5 Å². The number of rotatable bonds is 11. The molecule has 3 aromatic rings. The smallest absolute Gasteiger partial charge is 0.326 e. The van der Waals surface area contributed by atoms with Crippen molar-refractivity contribution >= 4 is 46.4 Å². The molecule has 12 heteroatoms. The molecule has 2 aromatic carbocycles. The van der Waals surface area contributed by atoms with E-state index in [1.807, 2.05) is 42.5 Å². The lowest BCUT2D eigenvalue weighted by Crippen LogP contribution is -2.49. The van der Waals surface area contributed by atoms with Gasteiger partial charge in [-0.15, -0.1) is 0 Å². The molecule has 0 bridgehead atoms. The van der Waals surface area contributed by atoms with Crippen molar-refractivity contribution in [3.63, 3.8) is 0 Å². The topological polar surface area (TPSA) is 169 Å². The first-order chi connectivity index (χ1) is 20.3. The van der Waals surface area contributed by atoms with E-state index in [2.05, 4.69) is 10.3 Å². The number of carbonyl (C=O) groups is 4. The zero-order valence-electron chi connectivity index (χ0n) is 23.2. The zero-order chi connectivity index (χ0) is 30.5. The Kier molecular flexibility index (Phi) is 13.0. The zero-order valence-corrected chi connectivity index (χ0v) is 24.9. The van der Waals surface area contributed by atoms with E-state index >= 15 is 0 Å². The van der Waals surface area contributed by atoms with Crippen molar-refractivity contribution < 1.29 is 24.3 Å². The molecule has 0 spiro atoms. The van der Waals surface area contributed by atoms with E-state index in [0.29, 0.717) is 29.0 Å².